The molecule has 3 heterocycles. The third kappa shape index (κ3) is 3.31. The predicted octanol–water partition coefficient (Wildman–Crippen LogP) is 4.19. The fraction of sp³-hybridized carbons (Fsp3) is 0.148. The van der Waals surface area contributed by atoms with Crippen LogP contribution in [0.2, 0.25) is 0 Å². The number of para-hydroxylation sites is 3. The van der Waals surface area contributed by atoms with E-state index in [2.05, 4.69) is 22.0 Å². The highest BCUT2D eigenvalue weighted by Crippen LogP contribution is 2.22. The lowest BCUT2D eigenvalue weighted by atomic mass is 10.0. The monoisotopic (exact) mass is 434 g/mol. The quantitative estimate of drug-likeness (QED) is 0.423. The topological polar surface area (TPSA) is 69.3 Å². The van der Waals surface area contributed by atoms with Crippen molar-refractivity contribution in [2.45, 2.75) is 0 Å². The van der Waals surface area contributed by atoms with Crippen LogP contribution >= 0.6 is 0 Å². The minimum absolute atomic E-state index is 0.0544. The van der Waals surface area contributed by atoms with Gasteiger partial charge < -0.3 is 14.8 Å². The fourth-order valence-corrected chi connectivity index (χ4v) is 4.66. The van der Waals surface area contributed by atoms with E-state index in [0.29, 0.717) is 48.0 Å². The summed E-state index contributed by atoms with van der Waals surface area (Å²) in [6.07, 6.45) is 0. The summed E-state index contributed by atoms with van der Waals surface area (Å²) in [6.45, 7) is 2.62. The molecule has 1 aliphatic heterocycles. The maximum atomic E-state index is 13.4. The maximum Gasteiger partial charge on any atom is 0.256 e. The molecule has 1 N–H and O–H groups in total. The zero-order valence-electron chi connectivity index (χ0n) is 18.0. The summed E-state index contributed by atoms with van der Waals surface area (Å²) in [5.74, 6) is 0.874. The Kier molecular flexibility index (Phi) is 4.57. The standard InChI is InChI=1S/C27H22N4O2/c32-26-19-7-2-4-11-23(19)29-25-20(26)8-5-9-21(25)27(33)31-16-14-30(15-17-31)24-13-12-18-6-1-3-10-22(18)28-24/h1-13H,14-17H2,(H,29,32). The van der Waals surface area contributed by atoms with Crippen LogP contribution in [0.15, 0.2) is 83.7 Å². The number of carbonyl (C=O) groups excluding carboxylic acids is 1. The molecule has 0 bridgehead atoms. The second-order valence-corrected chi connectivity index (χ2v) is 8.37. The van der Waals surface area contributed by atoms with E-state index in [1.165, 1.54) is 0 Å². The van der Waals surface area contributed by atoms with Gasteiger partial charge in [-0.15, -0.1) is 0 Å². The van der Waals surface area contributed by atoms with Gasteiger partial charge in [0, 0.05) is 47.9 Å². The first-order chi connectivity index (χ1) is 16.2. The Morgan fingerprint density at radius 1 is 0.788 bits per heavy atom. The number of nitrogens with zero attached hydrogens (tertiary/aromatic N) is 3. The number of benzene rings is 3. The number of rotatable bonds is 2. The molecule has 0 radical (unpaired) electrons. The summed E-state index contributed by atoms with van der Waals surface area (Å²) in [4.78, 5) is 38.6. The van der Waals surface area contributed by atoms with Crippen molar-refractivity contribution in [3.63, 3.8) is 0 Å². The van der Waals surface area contributed by atoms with Gasteiger partial charge in [0.25, 0.3) is 5.91 Å². The van der Waals surface area contributed by atoms with Gasteiger partial charge in [0.15, 0.2) is 5.43 Å². The van der Waals surface area contributed by atoms with E-state index in [9.17, 15) is 9.59 Å². The average molecular weight is 434 g/mol. The third-order valence-corrected chi connectivity index (χ3v) is 6.45. The fourth-order valence-electron chi connectivity index (χ4n) is 4.66. The summed E-state index contributed by atoms with van der Waals surface area (Å²) in [5.41, 5.74) is 2.79. The molecule has 162 valence electrons. The van der Waals surface area contributed by atoms with E-state index in [-0.39, 0.29) is 11.3 Å². The third-order valence-electron chi connectivity index (χ3n) is 6.45. The van der Waals surface area contributed by atoms with Gasteiger partial charge in [0.05, 0.1) is 16.6 Å². The number of hydrogen-bond donors (Lipinski definition) is 1. The number of fused-ring (bicyclic) bond motifs is 3. The molecule has 0 atom stereocenters. The Morgan fingerprint density at radius 3 is 2.42 bits per heavy atom. The Hall–Kier alpha value is -4.19. The SMILES string of the molecule is O=C(c1cccc2c(=O)c3ccccc3[nH]c12)N1CCN(c2ccc3ccccc3n2)CC1. The molecule has 6 nitrogen and oxygen atoms in total. The zero-order chi connectivity index (χ0) is 22.4. The molecular formula is C27H22N4O2. The molecule has 1 saturated heterocycles. The summed E-state index contributed by atoms with van der Waals surface area (Å²) in [5, 5.41) is 2.29. The van der Waals surface area contributed by atoms with Gasteiger partial charge in [-0.05, 0) is 42.5 Å². The van der Waals surface area contributed by atoms with E-state index < -0.39 is 0 Å². The van der Waals surface area contributed by atoms with Crippen molar-refractivity contribution in [3.8, 4) is 0 Å². The molecule has 5 aromatic rings. The lowest BCUT2D eigenvalue weighted by Crippen LogP contribution is -2.49. The van der Waals surface area contributed by atoms with Crippen LogP contribution in [-0.2, 0) is 0 Å². The van der Waals surface area contributed by atoms with Gasteiger partial charge in [0.2, 0.25) is 0 Å². The Bertz CT molecular complexity index is 1580. The Morgan fingerprint density at radius 2 is 1.55 bits per heavy atom. The Balaban J connectivity index is 1.28. The van der Waals surface area contributed by atoms with Gasteiger partial charge in [0.1, 0.15) is 5.82 Å². The molecule has 0 saturated carbocycles. The summed E-state index contributed by atoms with van der Waals surface area (Å²) in [6, 6.07) is 25.0. The number of piperazine rings is 1. The molecular weight excluding hydrogens is 412 g/mol. The number of nitrogens with one attached hydrogen (secondary N) is 1. The second-order valence-electron chi connectivity index (χ2n) is 8.37. The van der Waals surface area contributed by atoms with Gasteiger partial charge in [-0.2, -0.15) is 0 Å². The molecule has 0 aliphatic carbocycles. The van der Waals surface area contributed by atoms with E-state index in [4.69, 9.17) is 4.98 Å². The summed E-state index contributed by atoms with van der Waals surface area (Å²) >= 11 is 0. The van der Waals surface area contributed by atoms with Crippen LogP contribution in [0.4, 0.5) is 5.82 Å². The van der Waals surface area contributed by atoms with Gasteiger partial charge >= 0.3 is 0 Å². The Labute approximate surface area is 190 Å². The number of carbonyl (C=O) groups is 1. The van der Waals surface area contributed by atoms with E-state index >= 15 is 0 Å². The maximum absolute atomic E-state index is 13.4. The van der Waals surface area contributed by atoms with Crippen LogP contribution in [0.25, 0.3) is 32.7 Å². The van der Waals surface area contributed by atoms with Crippen LogP contribution in [0.3, 0.4) is 0 Å². The number of pyridine rings is 2. The summed E-state index contributed by atoms with van der Waals surface area (Å²) < 4.78 is 0. The first-order valence-corrected chi connectivity index (χ1v) is 11.1. The highest BCUT2D eigenvalue weighted by Gasteiger charge is 2.25. The van der Waals surface area contributed by atoms with Crippen molar-refractivity contribution in [2.24, 2.45) is 0 Å². The molecule has 1 amide bonds. The number of H-pyrrole nitrogens is 1. The largest absolute Gasteiger partial charge is 0.354 e. The van der Waals surface area contributed by atoms with Crippen molar-refractivity contribution in [3.05, 3.63) is 94.6 Å². The smallest absolute Gasteiger partial charge is 0.256 e. The van der Waals surface area contributed by atoms with E-state index in [0.717, 1.165) is 22.2 Å². The highest BCUT2D eigenvalue weighted by molar-refractivity contribution is 6.07. The van der Waals surface area contributed by atoms with Crippen molar-refractivity contribution in [1.29, 1.82) is 0 Å². The van der Waals surface area contributed by atoms with Crippen molar-refractivity contribution >= 4 is 44.4 Å². The van der Waals surface area contributed by atoms with Crippen LogP contribution < -0.4 is 10.3 Å². The molecule has 0 spiro atoms. The highest BCUT2D eigenvalue weighted by atomic mass is 16.2. The number of anilines is 1. The minimum Gasteiger partial charge on any atom is -0.354 e. The predicted molar refractivity (Wildman–Crippen MR) is 132 cm³/mol. The zero-order valence-corrected chi connectivity index (χ0v) is 18.0. The average Bonchev–Trinajstić information content (AvgIpc) is 2.88. The molecule has 3 aromatic carbocycles. The molecule has 1 fully saturated rings. The molecule has 33 heavy (non-hydrogen) atoms. The molecule has 1 aliphatic rings. The molecule has 2 aromatic heterocycles. The number of aromatic amines is 1. The van der Waals surface area contributed by atoms with Crippen LogP contribution in [0.1, 0.15) is 10.4 Å². The first-order valence-electron chi connectivity index (χ1n) is 11.1. The number of amides is 1. The van der Waals surface area contributed by atoms with Crippen LogP contribution in [0, 0.1) is 0 Å². The minimum atomic E-state index is -0.0577. The van der Waals surface area contributed by atoms with Gasteiger partial charge in [-0.3, -0.25) is 9.59 Å². The van der Waals surface area contributed by atoms with Crippen molar-refractivity contribution < 1.29 is 4.79 Å². The van der Waals surface area contributed by atoms with Crippen LogP contribution in [-0.4, -0.2) is 47.0 Å². The van der Waals surface area contributed by atoms with Crippen molar-refractivity contribution in [1.82, 2.24) is 14.9 Å². The second kappa shape index (κ2) is 7.74. The number of hydrogen-bond acceptors (Lipinski definition) is 4. The molecule has 0 unspecified atom stereocenters. The molecule has 6 heteroatoms. The lowest BCUT2D eigenvalue weighted by molar-refractivity contribution is 0.0748. The van der Waals surface area contributed by atoms with Gasteiger partial charge in [-0.25, -0.2) is 4.98 Å². The lowest BCUT2D eigenvalue weighted by Gasteiger charge is -2.35. The molecule has 6 rings (SSSR count). The van der Waals surface area contributed by atoms with Gasteiger partial charge in [-0.1, -0.05) is 36.4 Å². The van der Waals surface area contributed by atoms with Crippen LogP contribution in [0.5, 0.6) is 0 Å². The van der Waals surface area contributed by atoms with E-state index in [1.54, 1.807) is 18.2 Å². The van der Waals surface area contributed by atoms with E-state index in [1.807, 2.05) is 53.4 Å². The normalized spacial score (nSPS) is 14.3. The summed E-state index contributed by atoms with van der Waals surface area (Å²) in [7, 11) is 0. The van der Waals surface area contributed by atoms with Crippen molar-refractivity contribution in [2.75, 3.05) is 31.1 Å². The first kappa shape index (κ1) is 19.5. The number of aromatic nitrogens is 2.